The molecule has 4 heterocycles. The summed E-state index contributed by atoms with van der Waals surface area (Å²) >= 11 is 1.24. The highest BCUT2D eigenvalue weighted by Crippen LogP contribution is 2.42. The Morgan fingerprint density at radius 2 is 1.95 bits per heavy atom. The molecule has 0 unspecified atom stereocenters. The van der Waals surface area contributed by atoms with Gasteiger partial charge in [-0.1, -0.05) is 29.5 Å². The number of benzene rings is 2. The number of nitrogens with one attached hydrogen (secondary N) is 2. The van der Waals surface area contributed by atoms with Crippen molar-refractivity contribution in [3.05, 3.63) is 47.2 Å². The quantitative estimate of drug-likeness (QED) is 0.168. The van der Waals surface area contributed by atoms with Gasteiger partial charge in [-0.25, -0.2) is 27.0 Å². The Labute approximate surface area is 218 Å². The number of rotatable bonds is 6. The molecule has 2 bridgehead atoms. The van der Waals surface area contributed by atoms with E-state index in [1.54, 1.807) is 30.3 Å². The Morgan fingerprint density at radius 1 is 1.13 bits per heavy atom. The first-order valence-electron chi connectivity index (χ1n) is 10.8. The maximum absolute atomic E-state index is 13.6. The summed E-state index contributed by atoms with van der Waals surface area (Å²) < 4.78 is 62.1. The molecule has 0 atom stereocenters. The molecule has 9 N–H and O–H groups in total. The molecule has 17 heteroatoms. The van der Waals surface area contributed by atoms with Gasteiger partial charge in [-0.3, -0.25) is 4.72 Å². The van der Waals surface area contributed by atoms with Crippen LogP contribution in [0.5, 0.6) is 0 Å². The zero-order valence-corrected chi connectivity index (χ0v) is 21.6. The summed E-state index contributed by atoms with van der Waals surface area (Å²) in [5.74, 6) is -0.183. The molecule has 2 aromatic carbocycles. The average Bonchev–Trinajstić information content (AvgIpc) is 3.58. The van der Waals surface area contributed by atoms with E-state index in [4.69, 9.17) is 15.3 Å². The second-order valence-corrected chi connectivity index (χ2v) is 12.5. The van der Waals surface area contributed by atoms with E-state index in [1.807, 2.05) is 0 Å². The summed E-state index contributed by atoms with van der Waals surface area (Å²) in [5.41, 5.74) is 12.4. The third kappa shape index (κ3) is 3.92. The Morgan fingerprint density at radius 3 is 2.68 bits per heavy atom. The lowest BCUT2D eigenvalue weighted by Crippen LogP contribution is -2.44. The number of primary sulfonamides is 1. The monoisotopic (exact) mass is 572 g/mol. The largest absolute Gasteiger partial charge is 0.449 e. The van der Waals surface area contributed by atoms with Crippen LogP contribution < -0.4 is 32.2 Å². The lowest BCUT2D eigenvalue weighted by atomic mass is 9.98. The van der Waals surface area contributed by atoms with Crippen molar-refractivity contribution in [1.29, 1.82) is 0 Å². The Balaban J connectivity index is 1.63. The molecule has 0 spiro atoms. The van der Waals surface area contributed by atoms with E-state index < -0.39 is 29.8 Å². The Kier molecular flexibility index (Phi) is 5.37. The van der Waals surface area contributed by atoms with Crippen LogP contribution in [0.3, 0.4) is 0 Å². The maximum atomic E-state index is 13.6. The van der Waals surface area contributed by atoms with E-state index in [0.29, 0.717) is 27.3 Å². The van der Waals surface area contributed by atoms with Gasteiger partial charge in [0.05, 0.1) is 21.5 Å². The predicted molar refractivity (Wildman–Crippen MR) is 137 cm³/mol. The molecular formula is C21H18N9O5S3+. The van der Waals surface area contributed by atoms with Gasteiger partial charge < -0.3 is 15.9 Å². The number of hydrogen-bond acceptors (Lipinski definition) is 11. The van der Waals surface area contributed by atoms with Gasteiger partial charge in [-0.05, 0) is 29.0 Å². The van der Waals surface area contributed by atoms with E-state index in [-0.39, 0.29) is 34.5 Å². The smallest absolute Gasteiger partial charge is 0.263 e. The molecule has 0 amide bonds. The third-order valence-electron chi connectivity index (χ3n) is 5.88. The van der Waals surface area contributed by atoms with E-state index in [9.17, 15) is 16.8 Å². The number of aromatic amines is 1. The van der Waals surface area contributed by atoms with Gasteiger partial charge in [-0.2, -0.15) is 5.21 Å². The molecule has 14 nitrogen and oxygen atoms in total. The number of H-pyrrole nitrogens is 1. The highest BCUT2D eigenvalue weighted by atomic mass is 32.2. The summed E-state index contributed by atoms with van der Waals surface area (Å²) in [6.07, 6.45) is 1.87. The summed E-state index contributed by atoms with van der Waals surface area (Å²) in [6.45, 7) is 0. The molecule has 0 aliphatic carbocycles. The van der Waals surface area contributed by atoms with Crippen LogP contribution in [-0.2, 0) is 20.0 Å². The van der Waals surface area contributed by atoms with Crippen LogP contribution in [0.25, 0.3) is 44.5 Å². The fraction of sp³-hybridized carbons (Fsp3) is 0.0476. The van der Waals surface area contributed by atoms with Crippen LogP contribution in [0, 0.1) is 0 Å². The number of nitrogen functional groups attached to an aromatic ring is 1. The number of para-hydroxylation sites is 1. The fourth-order valence-electron chi connectivity index (χ4n) is 4.32. The molecule has 0 radical (unpaired) electrons. The van der Waals surface area contributed by atoms with Crippen molar-refractivity contribution in [1.82, 2.24) is 30.3 Å². The SMILES string of the molecule is Nc1nc2c(-c3ccc(S(=O)(=O)NC4=c5cc([NH3+])c(o5)=CC4)c(S(N)(=O)=O)c3-c3nn[nH]n3)cccc2s1. The number of nitrogens with zero attached hydrogens (tertiary/aromatic N) is 4. The minimum atomic E-state index is -4.68. The normalized spacial score (nSPS) is 13.6. The highest BCUT2D eigenvalue weighted by molar-refractivity contribution is 7.92. The molecule has 0 fully saturated rings. The lowest BCUT2D eigenvalue weighted by Gasteiger charge is -2.17. The third-order valence-corrected chi connectivity index (χ3v) is 9.28. The number of thiazole rings is 1. The number of quaternary nitrogens is 1. The molecule has 1 aliphatic rings. The van der Waals surface area contributed by atoms with E-state index in [2.05, 4.69) is 36.1 Å². The molecule has 6 rings (SSSR count). The Bertz CT molecular complexity index is 2100. The van der Waals surface area contributed by atoms with Gasteiger partial charge in [0, 0.05) is 18.1 Å². The summed E-state index contributed by atoms with van der Waals surface area (Å²) in [7, 11) is -9.19. The number of hydrogen-bond donors (Lipinski definition) is 5. The maximum Gasteiger partial charge on any atom is 0.263 e. The number of tetrazole rings is 1. The summed E-state index contributed by atoms with van der Waals surface area (Å²) in [5, 5.41) is 19.6. The highest BCUT2D eigenvalue weighted by Gasteiger charge is 2.33. The van der Waals surface area contributed by atoms with Crippen molar-refractivity contribution in [2.24, 2.45) is 5.14 Å². The number of sulfonamides is 2. The molecule has 5 aromatic rings. The van der Waals surface area contributed by atoms with Gasteiger partial charge in [0.25, 0.3) is 10.0 Å². The molecule has 1 aliphatic heterocycles. The molecular weight excluding hydrogens is 554 g/mol. The fourth-order valence-corrected chi connectivity index (χ4v) is 7.81. The molecule has 3 aromatic heterocycles. The first kappa shape index (κ1) is 24.2. The first-order chi connectivity index (χ1) is 18.0. The first-order valence-corrected chi connectivity index (χ1v) is 14.6. The number of fused-ring (bicyclic) bond motifs is 3. The Hall–Kier alpha value is -4.16. The van der Waals surface area contributed by atoms with Crippen molar-refractivity contribution in [3.8, 4) is 22.5 Å². The van der Waals surface area contributed by atoms with Gasteiger partial charge in [0.2, 0.25) is 15.8 Å². The second-order valence-electron chi connectivity index (χ2n) is 8.29. The average molecular weight is 573 g/mol. The number of furan rings is 1. The zero-order chi connectivity index (χ0) is 26.8. The van der Waals surface area contributed by atoms with Gasteiger partial charge >= 0.3 is 0 Å². The van der Waals surface area contributed by atoms with Crippen LogP contribution >= 0.6 is 11.3 Å². The van der Waals surface area contributed by atoms with Gasteiger partial charge in [0.1, 0.15) is 9.79 Å². The van der Waals surface area contributed by atoms with Crippen LogP contribution in [0.2, 0.25) is 0 Å². The molecule has 38 heavy (non-hydrogen) atoms. The zero-order valence-electron chi connectivity index (χ0n) is 19.2. The predicted octanol–water partition coefficient (Wildman–Crippen LogP) is -0.890. The van der Waals surface area contributed by atoms with Gasteiger partial charge in [0.15, 0.2) is 21.6 Å². The summed E-state index contributed by atoms with van der Waals surface area (Å²) in [4.78, 5) is 3.06. The molecule has 194 valence electrons. The standard InChI is InChI=1S/C21H17N9O5S3/c22-11-8-14-12(5-6-13(11)35-14)28-38(33,34)16-7-4-9(10-2-1-3-15-18(10)25-21(23)36-15)17(19(16)37(24,31)32)20-26-29-30-27-20/h1-4,6-8,28H,5,22H2,(H2,23,25)(H2,24,31,32)(H,26,27,29,30)/p+1. The number of anilines is 1. The number of nitrogens with two attached hydrogens (primary N) is 2. The van der Waals surface area contributed by atoms with Gasteiger partial charge in [-0.15, -0.1) is 10.2 Å². The van der Waals surface area contributed by atoms with E-state index >= 15 is 0 Å². The summed E-state index contributed by atoms with van der Waals surface area (Å²) in [6, 6.07) is 9.42. The van der Waals surface area contributed by atoms with Crippen LogP contribution in [0.1, 0.15) is 6.42 Å². The van der Waals surface area contributed by atoms with Crippen molar-refractivity contribution >= 4 is 64.2 Å². The molecule has 0 saturated heterocycles. The van der Waals surface area contributed by atoms with Crippen molar-refractivity contribution in [2.75, 3.05) is 5.73 Å². The van der Waals surface area contributed by atoms with E-state index in [0.717, 1.165) is 10.8 Å². The second kappa shape index (κ2) is 8.43. The molecule has 0 saturated carbocycles. The minimum absolute atomic E-state index is 0.163. The van der Waals surface area contributed by atoms with Crippen LogP contribution in [-0.4, -0.2) is 42.4 Å². The van der Waals surface area contributed by atoms with Crippen molar-refractivity contribution in [3.63, 3.8) is 0 Å². The minimum Gasteiger partial charge on any atom is -0.449 e. The van der Waals surface area contributed by atoms with E-state index in [1.165, 1.54) is 17.4 Å². The topological polar surface area (TPSA) is 240 Å². The number of aromatic nitrogens is 5. The van der Waals surface area contributed by atoms with Crippen LogP contribution in [0.15, 0.2) is 50.6 Å². The van der Waals surface area contributed by atoms with Crippen molar-refractivity contribution in [2.45, 2.75) is 16.2 Å². The lowest BCUT2D eigenvalue weighted by molar-refractivity contribution is -0.256. The van der Waals surface area contributed by atoms with Crippen molar-refractivity contribution < 1.29 is 27.0 Å². The van der Waals surface area contributed by atoms with Crippen LogP contribution in [0.4, 0.5) is 10.8 Å².